The molecular weight excluding hydrogens is 421 g/mol. The Morgan fingerprint density at radius 1 is 1.03 bits per heavy atom. The highest BCUT2D eigenvalue weighted by molar-refractivity contribution is 5.81. The maximum absolute atomic E-state index is 15.1. The molecule has 0 spiro atoms. The number of rotatable bonds is 4. The number of benzene rings is 2. The first-order chi connectivity index (χ1) is 15.3. The van der Waals surface area contributed by atoms with Crippen LogP contribution in [0.15, 0.2) is 41.2 Å². The fraction of sp³-hybridized carbons (Fsp3) is 0.348. The van der Waals surface area contributed by atoms with Crippen molar-refractivity contribution in [2.24, 2.45) is 13.0 Å². The molecule has 1 saturated heterocycles. The van der Waals surface area contributed by atoms with Gasteiger partial charge in [0.2, 0.25) is 5.91 Å². The van der Waals surface area contributed by atoms with Crippen LogP contribution >= 0.6 is 0 Å². The summed E-state index contributed by atoms with van der Waals surface area (Å²) in [6.07, 6.45) is 2.47. The SMILES string of the molecule is Cn1nc(C2CCN(C(=O)C3CC3)C2)n(-c2ccc(-c3ccc(F)cc3F)cc2F)c1=O. The van der Waals surface area contributed by atoms with Gasteiger partial charge in [0, 0.05) is 43.6 Å². The monoisotopic (exact) mass is 442 g/mol. The number of carbonyl (C=O) groups excluding carboxylic acids is 1. The summed E-state index contributed by atoms with van der Waals surface area (Å²) in [6, 6.07) is 7.07. The van der Waals surface area contributed by atoms with Crippen molar-refractivity contribution in [3.63, 3.8) is 0 Å². The van der Waals surface area contributed by atoms with Crippen molar-refractivity contribution >= 4 is 5.91 Å². The minimum atomic E-state index is -0.803. The van der Waals surface area contributed by atoms with Gasteiger partial charge in [0.15, 0.2) is 0 Å². The molecule has 2 aromatic carbocycles. The summed E-state index contributed by atoms with van der Waals surface area (Å²) < 4.78 is 44.8. The Bertz CT molecular complexity index is 1280. The molecule has 2 heterocycles. The van der Waals surface area contributed by atoms with Gasteiger partial charge in [-0.2, -0.15) is 5.10 Å². The van der Waals surface area contributed by atoms with E-state index in [2.05, 4.69) is 5.10 Å². The van der Waals surface area contributed by atoms with E-state index in [1.807, 2.05) is 0 Å². The van der Waals surface area contributed by atoms with E-state index in [4.69, 9.17) is 0 Å². The molecule has 1 aliphatic carbocycles. The van der Waals surface area contributed by atoms with Crippen LogP contribution in [0.25, 0.3) is 16.8 Å². The second kappa shape index (κ2) is 7.65. The average molecular weight is 442 g/mol. The molecule has 3 aromatic rings. The quantitative estimate of drug-likeness (QED) is 0.623. The molecule has 2 fully saturated rings. The Morgan fingerprint density at radius 3 is 2.50 bits per heavy atom. The third-order valence-corrected chi connectivity index (χ3v) is 6.17. The minimum absolute atomic E-state index is 0.00339. The van der Waals surface area contributed by atoms with Gasteiger partial charge < -0.3 is 4.90 Å². The van der Waals surface area contributed by atoms with Gasteiger partial charge in [-0.3, -0.25) is 4.79 Å². The Morgan fingerprint density at radius 2 is 1.81 bits per heavy atom. The van der Waals surface area contributed by atoms with E-state index in [9.17, 15) is 18.4 Å². The summed E-state index contributed by atoms with van der Waals surface area (Å²) in [5.41, 5.74) is -0.229. The largest absolute Gasteiger partial charge is 0.350 e. The number of hydrogen-bond donors (Lipinski definition) is 0. The highest BCUT2D eigenvalue weighted by Gasteiger charge is 2.38. The first-order valence-electron chi connectivity index (χ1n) is 10.5. The Kier molecular flexibility index (Phi) is 4.91. The molecule has 1 unspecified atom stereocenters. The van der Waals surface area contributed by atoms with Crippen LogP contribution in [0.4, 0.5) is 13.2 Å². The molecule has 0 N–H and O–H groups in total. The lowest BCUT2D eigenvalue weighted by atomic mass is 10.0. The van der Waals surface area contributed by atoms with Crippen LogP contribution in [0.2, 0.25) is 0 Å². The summed E-state index contributed by atoms with van der Waals surface area (Å²) in [5, 5.41) is 4.33. The lowest BCUT2D eigenvalue weighted by molar-refractivity contribution is -0.131. The number of halogens is 3. The van der Waals surface area contributed by atoms with Crippen LogP contribution in [-0.4, -0.2) is 38.2 Å². The van der Waals surface area contributed by atoms with Crippen molar-refractivity contribution in [1.82, 2.24) is 19.2 Å². The molecule has 0 radical (unpaired) electrons. The zero-order chi connectivity index (χ0) is 22.6. The van der Waals surface area contributed by atoms with Crippen LogP contribution in [0.5, 0.6) is 0 Å². The standard InChI is InChI=1S/C23H21F3N4O2/c1-28-23(32)30(21(27-28)15-8-9-29(12-15)22(31)13-2-3-13)20-7-4-14(10-19(20)26)17-6-5-16(24)11-18(17)25/h4-7,10-11,13,15H,2-3,8-9,12H2,1H3. The van der Waals surface area contributed by atoms with Crippen molar-refractivity contribution < 1.29 is 18.0 Å². The molecule has 9 heteroatoms. The van der Waals surface area contributed by atoms with E-state index in [1.54, 1.807) is 4.90 Å². The zero-order valence-corrected chi connectivity index (χ0v) is 17.4. The number of nitrogens with zero attached hydrogens (tertiary/aromatic N) is 4. The molecule has 1 atom stereocenters. The molecule has 6 nitrogen and oxygen atoms in total. The van der Waals surface area contributed by atoms with Crippen LogP contribution in [-0.2, 0) is 11.8 Å². The van der Waals surface area contributed by atoms with Crippen molar-refractivity contribution in [3.05, 3.63) is 70.2 Å². The molecule has 166 valence electrons. The first kappa shape index (κ1) is 20.5. The van der Waals surface area contributed by atoms with Crippen molar-refractivity contribution in [2.75, 3.05) is 13.1 Å². The predicted octanol–water partition coefficient (Wildman–Crippen LogP) is 3.38. The van der Waals surface area contributed by atoms with E-state index in [0.29, 0.717) is 25.3 Å². The molecule has 0 bridgehead atoms. The van der Waals surface area contributed by atoms with Crippen LogP contribution in [0.1, 0.15) is 31.0 Å². The van der Waals surface area contributed by atoms with Gasteiger partial charge in [-0.15, -0.1) is 0 Å². The highest BCUT2D eigenvalue weighted by Crippen LogP contribution is 2.35. The van der Waals surface area contributed by atoms with Gasteiger partial charge in [-0.25, -0.2) is 27.2 Å². The second-order valence-electron chi connectivity index (χ2n) is 8.43. The van der Waals surface area contributed by atoms with E-state index in [1.165, 1.54) is 29.8 Å². The maximum Gasteiger partial charge on any atom is 0.350 e. The summed E-state index contributed by atoms with van der Waals surface area (Å²) in [5.74, 6) is -1.82. The lowest BCUT2D eigenvalue weighted by Gasteiger charge is -2.16. The molecule has 32 heavy (non-hydrogen) atoms. The number of aromatic nitrogens is 3. The number of hydrogen-bond acceptors (Lipinski definition) is 3. The normalized spacial score (nSPS) is 18.4. The molecule has 1 saturated carbocycles. The van der Waals surface area contributed by atoms with Crippen LogP contribution in [0.3, 0.4) is 0 Å². The summed E-state index contributed by atoms with van der Waals surface area (Å²) >= 11 is 0. The van der Waals surface area contributed by atoms with Gasteiger partial charge in [0.25, 0.3) is 0 Å². The summed E-state index contributed by atoms with van der Waals surface area (Å²) in [7, 11) is 1.49. The third kappa shape index (κ3) is 3.51. The minimum Gasteiger partial charge on any atom is -0.342 e. The molecule has 2 aliphatic rings. The highest BCUT2D eigenvalue weighted by atomic mass is 19.1. The molecular formula is C23H21F3N4O2. The molecule has 1 amide bonds. The fourth-order valence-electron chi connectivity index (χ4n) is 4.31. The lowest BCUT2D eigenvalue weighted by Crippen LogP contribution is -2.30. The number of amides is 1. The second-order valence-corrected chi connectivity index (χ2v) is 8.43. The predicted molar refractivity (Wildman–Crippen MR) is 111 cm³/mol. The maximum atomic E-state index is 15.1. The molecule has 1 aliphatic heterocycles. The van der Waals surface area contributed by atoms with Crippen molar-refractivity contribution in [3.8, 4) is 16.8 Å². The molecule has 1 aromatic heterocycles. The fourth-order valence-corrected chi connectivity index (χ4v) is 4.31. The van der Waals surface area contributed by atoms with Gasteiger partial charge in [-0.1, -0.05) is 6.07 Å². The third-order valence-electron chi connectivity index (χ3n) is 6.17. The van der Waals surface area contributed by atoms with Crippen molar-refractivity contribution in [2.45, 2.75) is 25.2 Å². The Balaban J connectivity index is 1.50. The Labute approximate surface area is 181 Å². The number of likely N-dealkylation sites (tertiary alicyclic amines) is 1. The van der Waals surface area contributed by atoms with Gasteiger partial charge in [0.1, 0.15) is 23.3 Å². The number of aryl methyl sites for hydroxylation is 1. The molecule has 5 rings (SSSR count). The van der Waals surface area contributed by atoms with Crippen molar-refractivity contribution in [1.29, 1.82) is 0 Å². The number of carbonyl (C=O) groups is 1. The van der Waals surface area contributed by atoms with Crippen LogP contribution in [0, 0.1) is 23.4 Å². The summed E-state index contributed by atoms with van der Waals surface area (Å²) in [6.45, 7) is 1.02. The topological polar surface area (TPSA) is 60.1 Å². The van der Waals surface area contributed by atoms with E-state index in [-0.39, 0.29) is 34.6 Å². The first-order valence-corrected chi connectivity index (χ1v) is 10.5. The van der Waals surface area contributed by atoms with Crippen LogP contribution < -0.4 is 5.69 Å². The average Bonchev–Trinajstić information content (AvgIpc) is 3.42. The summed E-state index contributed by atoms with van der Waals surface area (Å²) in [4.78, 5) is 27.0. The van der Waals surface area contributed by atoms with E-state index in [0.717, 1.165) is 35.7 Å². The van der Waals surface area contributed by atoms with Gasteiger partial charge in [-0.05, 0) is 49.1 Å². The van der Waals surface area contributed by atoms with E-state index >= 15 is 4.39 Å². The Hall–Kier alpha value is -3.36. The van der Waals surface area contributed by atoms with Gasteiger partial charge >= 0.3 is 5.69 Å². The smallest absolute Gasteiger partial charge is 0.342 e. The van der Waals surface area contributed by atoms with Gasteiger partial charge in [0.05, 0.1) is 5.69 Å². The van der Waals surface area contributed by atoms with E-state index < -0.39 is 23.1 Å². The zero-order valence-electron chi connectivity index (χ0n) is 17.4.